The molecule has 112 valence electrons. The van der Waals surface area contributed by atoms with E-state index in [-0.39, 0.29) is 11.8 Å². The molecule has 0 saturated carbocycles. The number of ether oxygens (including phenoxy) is 1. The van der Waals surface area contributed by atoms with Crippen molar-refractivity contribution in [2.75, 3.05) is 5.32 Å². The fraction of sp³-hybridized carbons (Fsp3) is 0.250. The summed E-state index contributed by atoms with van der Waals surface area (Å²) in [6, 6.07) is 12.6. The molecule has 0 amide bonds. The van der Waals surface area contributed by atoms with Crippen LogP contribution in [0.3, 0.4) is 0 Å². The highest BCUT2D eigenvalue weighted by Gasteiger charge is 2.14. The largest absolute Gasteiger partial charge is 0.434 e. The molecule has 2 rings (SSSR count). The second kappa shape index (κ2) is 6.89. The van der Waals surface area contributed by atoms with Gasteiger partial charge in [0.1, 0.15) is 5.75 Å². The molecule has 0 aliphatic heterocycles. The zero-order chi connectivity index (χ0) is 15.4. The molecule has 0 saturated heterocycles. The van der Waals surface area contributed by atoms with Gasteiger partial charge in [-0.2, -0.15) is 8.78 Å². The summed E-state index contributed by atoms with van der Waals surface area (Å²) in [5.74, 6) is 0.194. The molecule has 0 bridgehead atoms. The number of rotatable bonds is 5. The van der Waals surface area contributed by atoms with Crippen molar-refractivity contribution in [1.82, 2.24) is 0 Å². The number of hydrogen-bond acceptors (Lipinski definition) is 2. The lowest BCUT2D eigenvalue weighted by Gasteiger charge is -2.19. The standard InChI is InChI=1S/C16H16BrF2NO/c1-10-7-12(17)9-13(8-10)20-11(2)14-5-3-4-6-15(14)21-16(18)19/h3-9,11,16,20H,1-2H3. The van der Waals surface area contributed by atoms with Gasteiger partial charge in [-0.1, -0.05) is 34.1 Å². The van der Waals surface area contributed by atoms with Gasteiger partial charge < -0.3 is 10.1 Å². The summed E-state index contributed by atoms with van der Waals surface area (Å²) in [6.45, 7) is 1.07. The van der Waals surface area contributed by atoms with E-state index in [1.54, 1.807) is 24.3 Å². The highest BCUT2D eigenvalue weighted by molar-refractivity contribution is 9.10. The molecule has 0 aliphatic carbocycles. The van der Waals surface area contributed by atoms with Crippen LogP contribution in [0.2, 0.25) is 0 Å². The van der Waals surface area contributed by atoms with Gasteiger partial charge in [-0.15, -0.1) is 0 Å². The molecule has 0 aliphatic rings. The fourth-order valence-electron chi connectivity index (χ4n) is 2.19. The number of anilines is 1. The number of hydrogen-bond donors (Lipinski definition) is 1. The second-order valence-corrected chi connectivity index (χ2v) is 5.72. The van der Waals surface area contributed by atoms with Crippen LogP contribution in [0.5, 0.6) is 5.75 Å². The molecule has 21 heavy (non-hydrogen) atoms. The number of aryl methyl sites for hydroxylation is 1. The number of para-hydroxylation sites is 1. The summed E-state index contributed by atoms with van der Waals surface area (Å²) in [5, 5.41) is 3.30. The van der Waals surface area contributed by atoms with Crippen molar-refractivity contribution >= 4 is 21.6 Å². The number of benzene rings is 2. The van der Waals surface area contributed by atoms with Crippen LogP contribution in [0.4, 0.5) is 14.5 Å². The van der Waals surface area contributed by atoms with Crippen molar-refractivity contribution in [2.24, 2.45) is 0 Å². The molecule has 5 heteroatoms. The minimum atomic E-state index is -2.83. The van der Waals surface area contributed by atoms with E-state index in [9.17, 15) is 8.78 Å². The Balaban J connectivity index is 2.22. The molecule has 1 N–H and O–H groups in total. The first kappa shape index (κ1) is 15.8. The third-order valence-electron chi connectivity index (χ3n) is 3.03. The Morgan fingerprint density at radius 3 is 2.52 bits per heavy atom. The molecule has 0 heterocycles. The zero-order valence-electron chi connectivity index (χ0n) is 11.7. The lowest BCUT2D eigenvalue weighted by molar-refractivity contribution is -0.0505. The normalized spacial score (nSPS) is 12.3. The Morgan fingerprint density at radius 1 is 1.14 bits per heavy atom. The predicted molar refractivity (Wildman–Crippen MR) is 84.0 cm³/mol. The molecule has 0 fully saturated rings. The first-order valence-corrected chi connectivity index (χ1v) is 7.32. The number of halogens is 3. The van der Waals surface area contributed by atoms with Crippen LogP contribution < -0.4 is 10.1 Å². The van der Waals surface area contributed by atoms with Crippen LogP contribution in [-0.4, -0.2) is 6.61 Å². The Labute approximate surface area is 131 Å². The minimum absolute atomic E-state index is 0.159. The first-order chi connectivity index (χ1) is 9.95. The summed E-state index contributed by atoms with van der Waals surface area (Å²) in [6.07, 6.45) is 0. The summed E-state index contributed by atoms with van der Waals surface area (Å²) in [5.41, 5.74) is 2.72. The molecule has 1 atom stereocenters. The highest BCUT2D eigenvalue weighted by atomic mass is 79.9. The highest BCUT2D eigenvalue weighted by Crippen LogP contribution is 2.30. The monoisotopic (exact) mass is 355 g/mol. The zero-order valence-corrected chi connectivity index (χ0v) is 13.3. The predicted octanol–water partition coefficient (Wildman–Crippen LogP) is 5.53. The number of alkyl halides is 2. The van der Waals surface area contributed by atoms with Gasteiger partial charge in [-0.3, -0.25) is 0 Å². The van der Waals surface area contributed by atoms with Gasteiger partial charge in [0.2, 0.25) is 0 Å². The van der Waals surface area contributed by atoms with Crippen molar-refractivity contribution in [3.63, 3.8) is 0 Å². The molecule has 0 radical (unpaired) electrons. The SMILES string of the molecule is Cc1cc(Br)cc(NC(C)c2ccccc2OC(F)F)c1. The Hall–Kier alpha value is -1.62. The average Bonchev–Trinajstić information content (AvgIpc) is 2.37. The van der Waals surface area contributed by atoms with Crippen molar-refractivity contribution < 1.29 is 13.5 Å². The summed E-state index contributed by atoms with van der Waals surface area (Å²) in [7, 11) is 0. The molecule has 1 unspecified atom stereocenters. The maximum absolute atomic E-state index is 12.4. The van der Waals surface area contributed by atoms with Gasteiger partial charge in [-0.25, -0.2) is 0 Å². The van der Waals surface area contributed by atoms with E-state index in [0.717, 1.165) is 15.7 Å². The van der Waals surface area contributed by atoms with Crippen molar-refractivity contribution in [1.29, 1.82) is 0 Å². The van der Waals surface area contributed by atoms with E-state index in [0.29, 0.717) is 5.56 Å². The van der Waals surface area contributed by atoms with E-state index in [1.807, 2.05) is 32.0 Å². The minimum Gasteiger partial charge on any atom is -0.434 e. The van der Waals surface area contributed by atoms with Crippen molar-refractivity contribution in [2.45, 2.75) is 26.5 Å². The van der Waals surface area contributed by atoms with E-state index in [2.05, 4.69) is 26.0 Å². The summed E-state index contributed by atoms with van der Waals surface area (Å²) < 4.78 is 30.4. The van der Waals surface area contributed by atoms with Crippen LogP contribution in [0.15, 0.2) is 46.9 Å². The molecule has 0 aromatic heterocycles. The Bertz CT molecular complexity index is 599. The van der Waals surface area contributed by atoms with Gasteiger partial charge in [0, 0.05) is 15.7 Å². The average molecular weight is 356 g/mol. The quantitative estimate of drug-likeness (QED) is 0.760. The van der Waals surface area contributed by atoms with Gasteiger partial charge >= 0.3 is 6.61 Å². The van der Waals surface area contributed by atoms with Gasteiger partial charge in [0.05, 0.1) is 6.04 Å². The van der Waals surface area contributed by atoms with Gasteiger partial charge in [0.25, 0.3) is 0 Å². The van der Waals surface area contributed by atoms with Gasteiger partial charge in [0.15, 0.2) is 0 Å². The first-order valence-electron chi connectivity index (χ1n) is 6.53. The molecule has 0 spiro atoms. The maximum Gasteiger partial charge on any atom is 0.387 e. The van der Waals surface area contributed by atoms with Crippen LogP contribution in [0.25, 0.3) is 0 Å². The Kier molecular flexibility index (Phi) is 5.17. The molecule has 2 nitrogen and oxygen atoms in total. The van der Waals surface area contributed by atoms with Crippen LogP contribution in [0, 0.1) is 6.92 Å². The Morgan fingerprint density at radius 2 is 1.86 bits per heavy atom. The van der Waals surface area contributed by atoms with Crippen LogP contribution in [0.1, 0.15) is 24.1 Å². The third-order valence-corrected chi connectivity index (χ3v) is 3.48. The molecule has 2 aromatic rings. The van der Waals surface area contributed by atoms with Crippen molar-refractivity contribution in [3.05, 3.63) is 58.1 Å². The van der Waals surface area contributed by atoms with Crippen LogP contribution in [-0.2, 0) is 0 Å². The topological polar surface area (TPSA) is 21.3 Å². The number of nitrogens with one attached hydrogen (secondary N) is 1. The molecular weight excluding hydrogens is 340 g/mol. The molecular formula is C16H16BrF2NO. The van der Waals surface area contributed by atoms with Crippen molar-refractivity contribution in [3.8, 4) is 5.75 Å². The lowest BCUT2D eigenvalue weighted by Crippen LogP contribution is -2.11. The smallest absolute Gasteiger partial charge is 0.387 e. The summed E-state index contributed by atoms with van der Waals surface area (Å²) in [4.78, 5) is 0. The van der Waals surface area contributed by atoms with E-state index in [4.69, 9.17) is 0 Å². The maximum atomic E-state index is 12.4. The van der Waals surface area contributed by atoms with E-state index < -0.39 is 6.61 Å². The third kappa shape index (κ3) is 4.43. The summed E-state index contributed by atoms with van der Waals surface area (Å²) >= 11 is 3.44. The lowest BCUT2D eigenvalue weighted by atomic mass is 10.1. The van der Waals surface area contributed by atoms with Gasteiger partial charge in [-0.05, 0) is 43.7 Å². The molecule has 2 aromatic carbocycles. The second-order valence-electron chi connectivity index (χ2n) is 4.80. The van der Waals surface area contributed by atoms with E-state index >= 15 is 0 Å². The van der Waals surface area contributed by atoms with Crippen LogP contribution >= 0.6 is 15.9 Å². The van der Waals surface area contributed by atoms with E-state index in [1.165, 1.54) is 0 Å². The fourth-order valence-corrected chi connectivity index (χ4v) is 2.80.